The van der Waals surface area contributed by atoms with Crippen LogP contribution in [0.5, 0.6) is 11.5 Å². The summed E-state index contributed by atoms with van der Waals surface area (Å²) in [6.45, 7) is 6.02. The highest BCUT2D eigenvalue weighted by Crippen LogP contribution is 2.39. The van der Waals surface area contributed by atoms with E-state index in [1.807, 2.05) is 35.2 Å². The maximum absolute atomic E-state index is 13.1. The third-order valence-corrected chi connectivity index (χ3v) is 7.34. The summed E-state index contributed by atoms with van der Waals surface area (Å²) in [5.41, 5.74) is 5.51. The average molecular weight is 468 g/mol. The van der Waals surface area contributed by atoms with Gasteiger partial charge in [-0.05, 0) is 47.7 Å². The first-order chi connectivity index (χ1) is 17.1. The minimum atomic E-state index is 0.0136. The largest absolute Gasteiger partial charge is 0.454 e. The second kappa shape index (κ2) is 8.77. The molecule has 1 aromatic heterocycles. The fraction of sp³-hybridized carbons (Fsp3) is 0.310. The van der Waals surface area contributed by atoms with Crippen LogP contribution in [-0.2, 0) is 11.3 Å². The number of benzene rings is 3. The summed E-state index contributed by atoms with van der Waals surface area (Å²) < 4.78 is 13.2. The number of anilines is 1. The lowest BCUT2D eigenvalue weighted by molar-refractivity contribution is -0.117. The van der Waals surface area contributed by atoms with Gasteiger partial charge in [0.25, 0.3) is 0 Å². The number of hydrogen-bond donors (Lipinski definition) is 0. The highest BCUT2D eigenvalue weighted by atomic mass is 16.7. The second-order valence-electron chi connectivity index (χ2n) is 9.54. The van der Waals surface area contributed by atoms with Crippen molar-refractivity contribution >= 4 is 22.6 Å². The van der Waals surface area contributed by atoms with Crippen molar-refractivity contribution in [2.45, 2.75) is 45.1 Å². The van der Waals surface area contributed by atoms with E-state index in [4.69, 9.17) is 14.5 Å². The zero-order valence-electron chi connectivity index (χ0n) is 20.1. The van der Waals surface area contributed by atoms with Crippen molar-refractivity contribution in [1.82, 2.24) is 9.55 Å². The maximum Gasteiger partial charge on any atom is 0.231 e. The molecule has 2 aliphatic heterocycles. The van der Waals surface area contributed by atoms with Crippen molar-refractivity contribution in [2.24, 2.45) is 0 Å². The number of carbonyl (C=O) groups excluding carboxylic acids is 1. The van der Waals surface area contributed by atoms with E-state index < -0.39 is 0 Å². The predicted molar refractivity (Wildman–Crippen MR) is 136 cm³/mol. The Labute approximate surface area is 205 Å². The molecule has 6 heteroatoms. The molecule has 2 atom stereocenters. The van der Waals surface area contributed by atoms with Crippen LogP contribution >= 0.6 is 0 Å². The van der Waals surface area contributed by atoms with Gasteiger partial charge in [-0.1, -0.05) is 50.2 Å². The van der Waals surface area contributed by atoms with Crippen LogP contribution in [0.2, 0.25) is 0 Å². The molecule has 6 nitrogen and oxygen atoms in total. The Hall–Kier alpha value is -3.80. The number of fused-ring (bicyclic) bond motifs is 2. The van der Waals surface area contributed by atoms with Crippen molar-refractivity contribution in [2.75, 3.05) is 18.2 Å². The van der Waals surface area contributed by atoms with Gasteiger partial charge in [0, 0.05) is 37.2 Å². The Morgan fingerprint density at radius 3 is 2.66 bits per heavy atom. The number of amides is 1. The van der Waals surface area contributed by atoms with Gasteiger partial charge in [-0.3, -0.25) is 4.79 Å². The van der Waals surface area contributed by atoms with Crippen LogP contribution < -0.4 is 14.4 Å². The molecule has 3 heterocycles. The zero-order valence-corrected chi connectivity index (χ0v) is 20.1. The first-order valence-electron chi connectivity index (χ1n) is 12.3. The quantitative estimate of drug-likeness (QED) is 0.357. The molecule has 0 bridgehead atoms. The Morgan fingerprint density at radius 2 is 1.83 bits per heavy atom. The van der Waals surface area contributed by atoms with Gasteiger partial charge in [-0.25, -0.2) is 4.98 Å². The summed E-state index contributed by atoms with van der Waals surface area (Å²) >= 11 is 0. The van der Waals surface area contributed by atoms with Gasteiger partial charge in [-0.2, -0.15) is 0 Å². The first-order valence-corrected chi connectivity index (χ1v) is 12.3. The van der Waals surface area contributed by atoms with Crippen molar-refractivity contribution in [1.29, 1.82) is 0 Å². The summed E-state index contributed by atoms with van der Waals surface area (Å²) in [7, 11) is 0. The number of rotatable bonds is 6. The van der Waals surface area contributed by atoms with Crippen molar-refractivity contribution in [3.63, 3.8) is 0 Å². The predicted octanol–water partition coefficient (Wildman–Crippen LogP) is 5.85. The molecule has 2 aliphatic rings. The minimum absolute atomic E-state index is 0.0136. The van der Waals surface area contributed by atoms with Gasteiger partial charge in [-0.15, -0.1) is 0 Å². The SMILES string of the molecule is CCC(C)c1ccc(Cn2c(C3CC(=O)N(c4ccc5c(c4)OCO5)C3)nc3ccccc32)cc1. The molecule has 1 saturated heterocycles. The van der Waals surface area contributed by atoms with E-state index in [1.54, 1.807) is 0 Å². The molecule has 4 aromatic rings. The lowest BCUT2D eigenvalue weighted by Crippen LogP contribution is -2.24. The molecule has 0 aliphatic carbocycles. The number of carbonyl (C=O) groups is 1. The van der Waals surface area contributed by atoms with E-state index in [0.29, 0.717) is 24.6 Å². The minimum Gasteiger partial charge on any atom is -0.454 e. The Morgan fingerprint density at radius 1 is 1.03 bits per heavy atom. The monoisotopic (exact) mass is 467 g/mol. The molecule has 0 spiro atoms. The van der Waals surface area contributed by atoms with Crippen LogP contribution in [0, 0.1) is 0 Å². The molecule has 3 aromatic carbocycles. The van der Waals surface area contributed by atoms with Crippen molar-refractivity contribution < 1.29 is 14.3 Å². The highest BCUT2D eigenvalue weighted by Gasteiger charge is 2.35. The van der Waals surface area contributed by atoms with Gasteiger partial charge in [0.1, 0.15) is 5.82 Å². The van der Waals surface area contributed by atoms with Crippen LogP contribution in [0.1, 0.15) is 55.5 Å². The van der Waals surface area contributed by atoms with E-state index in [-0.39, 0.29) is 18.6 Å². The number of ether oxygens (including phenoxy) is 2. The fourth-order valence-corrected chi connectivity index (χ4v) is 5.13. The molecule has 0 N–H and O–H groups in total. The Balaban J connectivity index is 1.31. The molecule has 178 valence electrons. The van der Waals surface area contributed by atoms with E-state index in [0.717, 1.165) is 41.3 Å². The third kappa shape index (κ3) is 3.93. The van der Waals surface area contributed by atoms with Gasteiger partial charge in [0.2, 0.25) is 12.7 Å². The smallest absolute Gasteiger partial charge is 0.231 e. The highest BCUT2D eigenvalue weighted by molar-refractivity contribution is 5.97. The van der Waals surface area contributed by atoms with Crippen LogP contribution in [0.25, 0.3) is 11.0 Å². The van der Waals surface area contributed by atoms with Gasteiger partial charge in [0.15, 0.2) is 11.5 Å². The molecular weight excluding hydrogens is 438 g/mol. The molecule has 2 unspecified atom stereocenters. The zero-order chi connectivity index (χ0) is 23.9. The molecular formula is C29H29N3O3. The number of hydrogen-bond acceptors (Lipinski definition) is 4. The number of aromatic nitrogens is 2. The molecule has 6 rings (SSSR count). The van der Waals surface area contributed by atoms with Gasteiger partial charge in [0.05, 0.1) is 11.0 Å². The average Bonchev–Trinajstić information content (AvgIpc) is 3.60. The van der Waals surface area contributed by atoms with E-state index in [1.165, 1.54) is 11.1 Å². The summed E-state index contributed by atoms with van der Waals surface area (Å²) in [4.78, 5) is 19.9. The van der Waals surface area contributed by atoms with E-state index in [9.17, 15) is 4.79 Å². The fourth-order valence-electron chi connectivity index (χ4n) is 5.13. The van der Waals surface area contributed by atoms with Crippen LogP contribution in [0.4, 0.5) is 5.69 Å². The van der Waals surface area contributed by atoms with Crippen LogP contribution in [0.15, 0.2) is 66.7 Å². The number of para-hydroxylation sites is 2. The molecule has 0 saturated carbocycles. The lowest BCUT2D eigenvalue weighted by atomic mass is 9.97. The maximum atomic E-state index is 13.1. The second-order valence-corrected chi connectivity index (χ2v) is 9.54. The standard InChI is InChI=1S/C29H29N3O3/c1-3-19(2)21-10-8-20(9-11-21)16-32-25-7-5-4-6-24(25)30-29(32)22-14-28(33)31(17-22)23-12-13-26-27(15-23)35-18-34-26/h4-13,15,19,22H,3,14,16-18H2,1-2H3. The summed E-state index contributed by atoms with van der Waals surface area (Å²) in [6, 6.07) is 22.8. The third-order valence-electron chi connectivity index (χ3n) is 7.34. The number of imidazole rings is 1. The molecule has 35 heavy (non-hydrogen) atoms. The van der Waals surface area contributed by atoms with Crippen LogP contribution in [0.3, 0.4) is 0 Å². The lowest BCUT2D eigenvalue weighted by Gasteiger charge is -2.18. The van der Waals surface area contributed by atoms with Gasteiger partial charge >= 0.3 is 0 Å². The normalized spacial score (nSPS) is 17.9. The summed E-state index contributed by atoms with van der Waals surface area (Å²) in [6.07, 6.45) is 1.57. The van der Waals surface area contributed by atoms with E-state index in [2.05, 4.69) is 54.8 Å². The summed E-state index contributed by atoms with van der Waals surface area (Å²) in [5.74, 6) is 3.05. The molecule has 0 radical (unpaired) electrons. The Kier molecular flexibility index (Phi) is 5.44. The van der Waals surface area contributed by atoms with Gasteiger partial charge < -0.3 is 18.9 Å². The summed E-state index contributed by atoms with van der Waals surface area (Å²) in [5, 5.41) is 0. The molecule has 1 fully saturated rings. The topological polar surface area (TPSA) is 56.6 Å². The first kappa shape index (κ1) is 21.7. The number of nitrogens with zero attached hydrogens (tertiary/aromatic N) is 3. The van der Waals surface area contributed by atoms with Crippen molar-refractivity contribution in [3.8, 4) is 11.5 Å². The van der Waals surface area contributed by atoms with Crippen molar-refractivity contribution in [3.05, 3.63) is 83.7 Å². The Bertz CT molecular complexity index is 1390. The molecule has 1 amide bonds. The van der Waals surface area contributed by atoms with E-state index >= 15 is 0 Å². The van der Waals surface area contributed by atoms with Crippen LogP contribution in [-0.4, -0.2) is 28.8 Å².